The van der Waals surface area contributed by atoms with Gasteiger partial charge in [0.2, 0.25) is 6.20 Å². The molecule has 26 heavy (non-hydrogen) atoms. The van der Waals surface area contributed by atoms with E-state index in [1.807, 2.05) is 0 Å². The number of nitrogens with zero attached hydrogens (tertiary/aromatic N) is 4. The van der Waals surface area contributed by atoms with Crippen molar-refractivity contribution < 1.29 is 13.8 Å². The first-order chi connectivity index (χ1) is 12.7. The number of anilines is 1. The molecule has 1 aliphatic heterocycles. The monoisotopic (exact) mass is 357 g/mol. The molecule has 8 heteroatoms. The van der Waals surface area contributed by atoms with E-state index in [0.29, 0.717) is 16.3 Å². The van der Waals surface area contributed by atoms with Gasteiger partial charge in [0.25, 0.3) is 0 Å². The minimum Gasteiger partial charge on any atom is -0.594 e. The van der Waals surface area contributed by atoms with Crippen LogP contribution in [0.1, 0.15) is 24.5 Å². The highest BCUT2D eigenvalue weighted by molar-refractivity contribution is 5.79. The molecule has 1 N–H and O–H groups in total. The van der Waals surface area contributed by atoms with Crippen LogP contribution in [0.3, 0.4) is 0 Å². The first-order valence-corrected chi connectivity index (χ1v) is 8.75. The van der Waals surface area contributed by atoms with Gasteiger partial charge in [0.15, 0.2) is 5.58 Å². The van der Waals surface area contributed by atoms with Gasteiger partial charge in [-0.25, -0.2) is 4.39 Å². The van der Waals surface area contributed by atoms with Crippen LogP contribution in [0, 0.1) is 11.0 Å². The zero-order valence-electron chi connectivity index (χ0n) is 14.3. The third-order valence-corrected chi connectivity index (χ3v) is 4.89. The molecule has 0 atom stereocenters. The Balaban J connectivity index is 1.29. The Hall–Kier alpha value is -2.74. The maximum absolute atomic E-state index is 13.3. The van der Waals surface area contributed by atoms with Crippen molar-refractivity contribution in [3.05, 3.63) is 53.4 Å². The van der Waals surface area contributed by atoms with Gasteiger partial charge < -0.3 is 19.9 Å². The summed E-state index contributed by atoms with van der Waals surface area (Å²) < 4.78 is 18.6. The molecular formula is C18H20FN5O2. The van der Waals surface area contributed by atoms with Gasteiger partial charge in [0.1, 0.15) is 12.0 Å². The number of hydrogen-bond donors (Lipinski definition) is 1. The fraction of sp³-hybridized carbons (Fsp3) is 0.389. The molecule has 0 aliphatic carbocycles. The SMILES string of the molecule is [O-][n+]1ccc(NCCN2CCC(c3noc4cc(F)ccc34)CC2)cn1. The number of rotatable bonds is 5. The summed E-state index contributed by atoms with van der Waals surface area (Å²) >= 11 is 0. The predicted octanol–water partition coefficient (Wildman–Crippen LogP) is 2.29. The molecule has 1 aliphatic rings. The molecule has 1 aromatic carbocycles. The molecule has 1 fully saturated rings. The van der Waals surface area contributed by atoms with E-state index >= 15 is 0 Å². The standard InChI is InChI=1S/C18H20FN5O2/c19-14-1-2-16-17(11-14)26-22-18(16)13-3-7-23(8-4-13)10-6-20-15-5-9-24(25)21-12-15/h1-2,5,9,11-13,20H,3-4,6-8,10H2. The number of benzene rings is 1. The van der Waals surface area contributed by atoms with Crippen molar-refractivity contribution in [2.45, 2.75) is 18.8 Å². The van der Waals surface area contributed by atoms with Crippen LogP contribution in [0.15, 0.2) is 41.2 Å². The molecule has 3 heterocycles. The van der Waals surface area contributed by atoms with Gasteiger partial charge in [-0.2, -0.15) is 0 Å². The van der Waals surface area contributed by atoms with Crippen LogP contribution in [0.25, 0.3) is 11.0 Å². The van der Waals surface area contributed by atoms with Gasteiger partial charge in [0, 0.05) is 41.6 Å². The lowest BCUT2D eigenvalue weighted by atomic mass is 9.91. The fourth-order valence-electron chi connectivity index (χ4n) is 3.46. The average molecular weight is 357 g/mol. The highest BCUT2D eigenvalue weighted by Gasteiger charge is 2.24. The van der Waals surface area contributed by atoms with Crippen molar-refractivity contribution in [3.8, 4) is 0 Å². The molecule has 0 radical (unpaired) electrons. The van der Waals surface area contributed by atoms with Gasteiger partial charge >= 0.3 is 0 Å². The van der Waals surface area contributed by atoms with Crippen LogP contribution in [0.2, 0.25) is 0 Å². The Labute approximate surface area is 150 Å². The van der Waals surface area contributed by atoms with Crippen molar-refractivity contribution >= 4 is 16.7 Å². The van der Waals surface area contributed by atoms with Crippen LogP contribution in [-0.2, 0) is 0 Å². The number of piperidine rings is 1. The summed E-state index contributed by atoms with van der Waals surface area (Å²) in [5.74, 6) is 0.0398. The summed E-state index contributed by atoms with van der Waals surface area (Å²) in [5.41, 5.74) is 2.30. The maximum Gasteiger partial charge on any atom is 0.211 e. The lowest BCUT2D eigenvalue weighted by Crippen LogP contribution is -2.36. The molecule has 0 unspecified atom stereocenters. The van der Waals surface area contributed by atoms with E-state index in [1.54, 1.807) is 12.1 Å². The lowest BCUT2D eigenvalue weighted by Gasteiger charge is -2.31. The Bertz CT molecular complexity index is 875. The largest absolute Gasteiger partial charge is 0.594 e. The topological polar surface area (TPSA) is 81.1 Å². The van der Waals surface area contributed by atoms with Crippen LogP contribution in [0.5, 0.6) is 0 Å². The van der Waals surface area contributed by atoms with Gasteiger partial charge in [-0.1, -0.05) is 10.0 Å². The molecule has 0 spiro atoms. The minimum atomic E-state index is -0.304. The molecule has 4 rings (SSSR count). The Morgan fingerprint density at radius 3 is 2.92 bits per heavy atom. The highest BCUT2D eigenvalue weighted by Crippen LogP contribution is 2.32. The van der Waals surface area contributed by atoms with Crippen molar-refractivity contribution in [2.75, 3.05) is 31.5 Å². The van der Waals surface area contributed by atoms with Crippen LogP contribution in [0.4, 0.5) is 10.1 Å². The quantitative estimate of drug-likeness (QED) is 0.557. The molecular weight excluding hydrogens is 337 g/mol. The van der Waals surface area contributed by atoms with E-state index in [1.165, 1.54) is 24.5 Å². The molecule has 7 nitrogen and oxygen atoms in total. The van der Waals surface area contributed by atoms with Gasteiger partial charge in [-0.15, -0.1) is 0 Å². The Kier molecular flexibility index (Phi) is 4.66. The summed E-state index contributed by atoms with van der Waals surface area (Å²) in [7, 11) is 0. The van der Waals surface area contributed by atoms with Crippen LogP contribution < -0.4 is 10.2 Å². The summed E-state index contributed by atoms with van der Waals surface area (Å²) in [5, 5.41) is 22.9. The fourth-order valence-corrected chi connectivity index (χ4v) is 3.46. The first kappa shape index (κ1) is 16.7. The van der Waals surface area contributed by atoms with Crippen LogP contribution in [-0.4, -0.2) is 41.3 Å². The van der Waals surface area contributed by atoms with Gasteiger partial charge in [0.05, 0.1) is 11.4 Å². The Morgan fingerprint density at radius 2 is 2.15 bits per heavy atom. The van der Waals surface area contributed by atoms with Crippen molar-refractivity contribution in [2.24, 2.45) is 0 Å². The van der Waals surface area contributed by atoms with Gasteiger partial charge in [-0.05, 0) is 38.1 Å². The van der Waals surface area contributed by atoms with Crippen LogP contribution >= 0.6 is 0 Å². The molecule has 1 saturated heterocycles. The summed E-state index contributed by atoms with van der Waals surface area (Å²) in [6.45, 7) is 3.68. The lowest BCUT2D eigenvalue weighted by molar-refractivity contribution is -0.669. The minimum absolute atomic E-state index is 0.304. The molecule has 3 aromatic rings. The maximum atomic E-state index is 13.3. The van der Waals surface area contributed by atoms with E-state index in [4.69, 9.17) is 4.52 Å². The third-order valence-electron chi connectivity index (χ3n) is 4.89. The number of halogens is 1. The summed E-state index contributed by atoms with van der Waals surface area (Å²) in [6.07, 6.45) is 4.91. The smallest absolute Gasteiger partial charge is 0.211 e. The van der Waals surface area contributed by atoms with E-state index in [2.05, 4.69) is 20.5 Å². The number of nitrogens with one attached hydrogen (secondary N) is 1. The molecule has 136 valence electrons. The number of likely N-dealkylation sites (tertiary alicyclic amines) is 1. The van der Waals surface area contributed by atoms with Crippen molar-refractivity contribution in [1.29, 1.82) is 0 Å². The highest BCUT2D eigenvalue weighted by atomic mass is 19.1. The molecule has 0 bridgehead atoms. The second-order valence-electron chi connectivity index (χ2n) is 6.57. The van der Waals surface area contributed by atoms with E-state index in [-0.39, 0.29) is 5.82 Å². The zero-order chi connectivity index (χ0) is 17.9. The first-order valence-electron chi connectivity index (χ1n) is 8.75. The second kappa shape index (κ2) is 7.25. The summed E-state index contributed by atoms with van der Waals surface area (Å²) in [4.78, 5) is 2.92. The predicted molar refractivity (Wildman–Crippen MR) is 94.1 cm³/mol. The van der Waals surface area contributed by atoms with Gasteiger partial charge in [-0.3, -0.25) is 0 Å². The normalized spacial score (nSPS) is 16.2. The Morgan fingerprint density at radius 1 is 1.31 bits per heavy atom. The third kappa shape index (κ3) is 3.60. The van der Waals surface area contributed by atoms with Crippen molar-refractivity contribution in [3.63, 3.8) is 0 Å². The van der Waals surface area contributed by atoms with E-state index in [9.17, 15) is 9.60 Å². The average Bonchev–Trinajstić information content (AvgIpc) is 3.07. The van der Waals surface area contributed by atoms with E-state index in [0.717, 1.165) is 55.8 Å². The van der Waals surface area contributed by atoms with E-state index < -0.39 is 0 Å². The zero-order valence-corrected chi connectivity index (χ0v) is 14.3. The molecule has 0 saturated carbocycles. The number of aromatic nitrogens is 3. The molecule has 2 aromatic heterocycles. The number of fused-ring (bicyclic) bond motifs is 1. The second-order valence-corrected chi connectivity index (χ2v) is 6.57. The number of hydrogen-bond acceptors (Lipinski definition) is 6. The van der Waals surface area contributed by atoms with Crippen molar-refractivity contribution in [1.82, 2.24) is 15.2 Å². The summed E-state index contributed by atoms with van der Waals surface area (Å²) in [6, 6.07) is 6.31. The molecule has 0 amide bonds.